The minimum atomic E-state index is 0.0448. The van der Waals surface area contributed by atoms with Crippen LogP contribution < -0.4 is 5.32 Å². The van der Waals surface area contributed by atoms with Crippen molar-refractivity contribution >= 4 is 0 Å². The van der Waals surface area contributed by atoms with Gasteiger partial charge in [0.15, 0.2) is 0 Å². The molecular formula is C11H25NO. The highest BCUT2D eigenvalue weighted by Crippen LogP contribution is 2.19. The molecule has 0 aliphatic heterocycles. The second-order valence-electron chi connectivity index (χ2n) is 4.74. The first-order valence-corrected chi connectivity index (χ1v) is 5.29. The van der Waals surface area contributed by atoms with Gasteiger partial charge in [-0.1, -0.05) is 27.7 Å². The van der Waals surface area contributed by atoms with E-state index in [4.69, 9.17) is 0 Å². The molecule has 2 nitrogen and oxygen atoms in total. The van der Waals surface area contributed by atoms with Crippen LogP contribution in [0, 0.1) is 11.3 Å². The number of aliphatic hydroxyl groups is 1. The fourth-order valence-electron chi connectivity index (χ4n) is 0.936. The number of aliphatic hydroxyl groups excluding tert-OH is 1. The van der Waals surface area contributed by atoms with Gasteiger partial charge in [-0.05, 0) is 19.3 Å². The van der Waals surface area contributed by atoms with Crippen molar-refractivity contribution in [2.75, 3.05) is 13.2 Å². The maximum atomic E-state index is 9.20. The largest absolute Gasteiger partial charge is 0.396 e. The first-order chi connectivity index (χ1) is 5.95. The van der Waals surface area contributed by atoms with Crippen LogP contribution in [0.25, 0.3) is 0 Å². The van der Waals surface area contributed by atoms with Gasteiger partial charge in [-0.3, -0.25) is 0 Å². The van der Waals surface area contributed by atoms with Gasteiger partial charge in [-0.15, -0.1) is 0 Å². The summed E-state index contributed by atoms with van der Waals surface area (Å²) in [7, 11) is 0. The number of hydrogen-bond acceptors (Lipinski definition) is 2. The Labute approximate surface area is 82.7 Å². The van der Waals surface area contributed by atoms with Crippen molar-refractivity contribution in [2.45, 2.75) is 47.1 Å². The zero-order valence-electron chi connectivity index (χ0n) is 9.72. The third kappa shape index (κ3) is 4.63. The fraction of sp³-hybridized carbons (Fsp3) is 1.00. The molecule has 0 saturated heterocycles. The highest BCUT2D eigenvalue weighted by atomic mass is 16.3. The van der Waals surface area contributed by atoms with E-state index >= 15 is 0 Å². The van der Waals surface area contributed by atoms with Crippen LogP contribution in [0.1, 0.15) is 41.0 Å². The topological polar surface area (TPSA) is 32.3 Å². The highest BCUT2D eigenvalue weighted by Gasteiger charge is 2.21. The molecule has 0 aliphatic carbocycles. The van der Waals surface area contributed by atoms with E-state index in [1.807, 2.05) is 0 Å². The van der Waals surface area contributed by atoms with Gasteiger partial charge in [-0.25, -0.2) is 0 Å². The Kier molecular flexibility index (Phi) is 5.57. The molecule has 0 aliphatic rings. The monoisotopic (exact) mass is 187 g/mol. The maximum absolute atomic E-state index is 9.20. The fourth-order valence-corrected chi connectivity index (χ4v) is 0.936. The summed E-state index contributed by atoms with van der Waals surface area (Å²) in [5, 5.41) is 12.7. The van der Waals surface area contributed by atoms with Crippen LogP contribution in [0.4, 0.5) is 0 Å². The maximum Gasteiger partial charge on any atom is 0.0496 e. The minimum absolute atomic E-state index is 0.0448. The van der Waals surface area contributed by atoms with Gasteiger partial charge < -0.3 is 10.4 Å². The van der Waals surface area contributed by atoms with Crippen molar-refractivity contribution in [3.8, 4) is 0 Å². The zero-order chi connectivity index (χ0) is 10.5. The lowest BCUT2D eigenvalue weighted by Gasteiger charge is -2.29. The van der Waals surface area contributed by atoms with Gasteiger partial charge in [0, 0.05) is 24.6 Å². The Bertz CT molecular complexity index is 130. The van der Waals surface area contributed by atoms with Crippen molar-refractivity contribution in [1.82, 2.24) is 5.32 Å². The molecule has 0 spiro atoms. The zero-order valence-corrected chi connectivity index (χ0v) is 9.72. The summed E-state index contributed by atoms with van der Waals surface area (Å²) in [4.78, 5) is 0. The third-order valence-corrected chi connectivity index (χ3v) is 3.09. The summed E-state index contributed by atoms with van der Waals surface area (Å²) in [5.41, 5.74) is 0.0448. The SMILES string of the molecule is CCC(C)(CO)CNC(C)C(C)C. The van der Waals surface area contributed by atoms with E-state index in [0.29, 0.717) is 12.0 Å². The molecule has 0 bridgehead atoms. The van der Waals surface area contributed by atoms with Crippen LogP contribution in [0.15, 0.2) is 0 Å². The van der Waals surface area contributed by atoms with Gasteiger partial charge in [0.2, 0.25) is 0 Å². The van der Waals surface area contributed by atoms with E-state index in [2.05, 4.69) is 39.9 Å². The highest BCUT2D eigenvalue weighted by molar-refractivity contribution is 4.76. The molecule has 0 saturated carbocycles. The van der Waals surface area contributed by atoms with Crippen molar-refractivity contribution in [3.63, 3.8) is 0 Å². The van der Waals surface area contributed by atoms with E-state index < -0.39 is 0 Å². The lowest BCUT2D eigenvalue weighted by atomic mass is 9.88. The predicted molar refractivity (Wildman–Crippen MR) is 57.8 cm³/mol. The average Bonchev–Trinajstić information content (AvgIpc) is 2.13. The molecule has 2 heteroatoms. The van der Waals surface area contributed by atoms with Crippen LogP contribution in [-0.2, 0) is 0 Å². The number of hydrogen-bond donors (Lipinski definition) is 2. The first kappa shape index (κ1) is 12.9. The van der Waals surface area contributed by atoms with E-state index in [9.17, 15) is 5.11 Å². The van der Waals surface area contributed by atoms with E-state index in [0.717, 1.165) is 13.0 Å². The molecule has 2 N–H and O–H groups in total. The van der Waals surface area contributed by atoms with Crippen LogP contribution in [0.2, 0.25) is 0 Å². The molecule has 2 atom stereocenters. The molecule has 0 fully saturated rings. The molecule has 2 unspecified atom stereocenters. The van der Waals surface area contributed by atoms with E-state index in [1.165, 1.54) is 0 Å². The lowest BCUT2D eigenvalue weighted by molar-refractivity contribution is 0.130. The number of rotatable bonds is 6. The summed E-state index contributed by atoms with van der Waals surface area (Å²) in [6.45, 7) is 12.0. The molecule has 80 valence electrons. The average molecular weight is 187 g/mol. The second kappa shape index (κ2) is 5.61. The molecule has 0 aromatic heterocycles. The summed E-state index contributed by atoms with van der Waals surface area (Å²) in [6.07, 6.45) is 1.02. The third-order valence-electron chi connectivity index (χ3n) is 3.09. The predicted octanol–water partition coefficient (Wildman–Crippen LogP) is 2.03. The van der Waals surface area contributed by atoms with Gasteiger partial charge >= 0.3 is 0 Å². The molecule has 0 rings (SSSR count). The van der Waals surface area contributed by atoms with Crippen molar-refractivity contribution in [1.29, 1.82) is 0 Å². The Hall–Kier alpha value is -0.0800. The molecule has 0 radical (unpaired) electrons. The van der Waals surface area contributed by atoms with Crippen LogP contribution in [-0.4, -0.2) is 24.3 Å². The normalized spacial score (nSPS) is 18.7. The summed E-state index contributed by atoms with van der Waals surface area (Å²) >= 11 is 0. The van der Waals surface area contributed by atoms with Gasteiger partial charge in [-0.2, -0.15) is 0 Å². The molecule has 0 aromatic rings. The van der Waals surface area contributed by atoms with Crippen LogP contribution in [0.5, 0.6) is 0 Å². The van der Waals surface area contributed by atoms with Crippen LogP contribution >= 0.6 is 0 Å². The summed E-state index contributed by atoms with van der Waals surface area (Å²) in [5.74, 6) is 0.653. The van der Waals surface area contributed by atoms with Gasteiger partial charge in [0.1, 0.15) is 0 Å². The van der Waals surface area contributed by atoms with Crippen molar-refractivity contribution in [3.05, 3.63) is 0 Å². The van der Waals surface area contributed by atoms with E-state index in [-0.39, 0.29) is 12.0 Å². The van der Waals surface area contributed by atoms with E-state index in [1.54, 1.807) is 0 Å². The smallest absolute Gasteiger partial charge is 0.0496 e. The molecule has 0 amide bonds. The Morgan fingerprint density at radius 1 is 1.31 bits per heavy atom. The molecule has 0 aromatic carbocycles. The quantitative estimate of drug-likeness (QED) is 0.667. The van der Waals surface area contributed by atoms with Gasteiger partial charge in [0.25, 0.3) is 0 Å². The Balaban J connectivity index is 3.85. The van der Waals surface area contributed by atoms with Crippen molar-refractivity contribution in [2.24, 2.45) is 11.3 Å². The Morgan fingerprint density at radius 2 is 1.85 bits per heavy atom. The van der Waals surface area contributed by atoms with Crippen molar-refractivity contribution < 1.29 is 5.11 Å². The lowest BCUT2D eigenvalue weighted by Crippen LogP contribution is -2.40. The summed E-state index contributed by atoms with van der Waals surface area (Å²) < 4.78 is 0. The first-order valence-electron chi connectivity index (χ1n) is 5.29. The molecule has 0 heterocycles. The number of nitrogens with one attached hydrogen (secondary N) is 1. The Morgan fingerprint density at radius 3 is 2.15 bits per heavy atom. The second-order valence-corrected chi connectivity index (χ2v) is 4.74. The molecular weight excluding hydrogens is 162 g/mol. The van der Waals surface area contributed by atoms with Gasteiger partial charge in [0.05, 0.1) is 0 Å². The standard InChI is InChI=1S/C11H25NO/c1-6-11(5,8-13)7-12-10(4)9(2)3/h9-10,12-13H,6-8H2,1-5H3. The minimum Gasteiger partial charge on any atom is -0.396 e. The summed E-state index contributed by atoms with van der Waals surface area (Å²) in [6, 6.07) is 0.525. The molecule has 13 heavy (non-hydrogen) atoms. The van der Waals surface area contributed by atoms with Crippen LogP contribution in [0.3, 0.4) is 0 Å².